The van der Waals surface area contributed by atoms with E-state index in [1.165, 1.54) is 32.1 Å². The number of aryl methyl sites for hydroxylation is 1. The van der Waals surface area contributed by atoms with Gasteiger partial charge in [0.2, 0.25) is 0 Å². The molecule has 0 amide bonds. The maximum absolute atomic E-state index is 4.63. The van der Waals surface area contributed by atoms with E-state index in [0.29, 0.717) is 11.3 Å². The highest BCUT2D eigenvalue weighted by Gasteiger charge is 2.31. The molecule has 0 spiro atoms. The lowest BCUT2D eigenvalue weighted by molar-refractivity contribution is 0.289. The molecule has 20 heavy (non-hydrogen) atoms. The number of thioether (sulfide) groups is 1. The number of aromatic nitrogens is 2. The summed E-state index contributed by atoms with van der Waals surface area (Å²) in [6.07, 6.45) is 7.67. The maximum Gasteiger partial charge on any atom is 0.170 e. The number of hydrogen-bond donors (Lipinski definition) is 1. The van der Waals surface area contributed by atoms with E-state index in [1.54, 1.807) is 11.5 Å². The van der Waals surface area contributed by atoms with Crippen molar-refractivity contribution in [3.05, 3.63) is 5.82 Å². The Morgan fingerprint density at radius 3 is 2.80 bits per heavy atom. The van der Waals surface area contributed by atoms with Crippen LogP contribution in [0.3, 0.4) is 0 Å². The first-order chi connectivity index (χ1) is 9.76. The Labute approximate surface area is 131 Å². The van der Waals surface area contributed by atoms with Gasteiger partial charge in [-0.15, -0.1) is 0 Å². The van der Waals surface area contributed by atoms with E-state index in [-0.39, 0.29) is 0 Å². The van der Waals surface area contributed by atoms with Crippen LogP contribution in [0.1, 0.15) is 58.7 Å². The minimum Gasteiger partial charge on any atom is -0.313 e. The normalized spacial score (nSPS) is 26.9. The number of nitrogens with zero attached hydrogens (tertiary/aromatic N) is 2. The Bertz CT molecular complexity index is 394. The Balaban J connectivity index is 1.98. The fourth-order valence-electron chi connectivity index (χ4n) is 3.07. The summed E-state index contributed by atoms with van der Waals surface area (Å²) in [6.45, 7) is 7.70. The van der Waals surface area contributed by atoms with Crippen molar-refractivity contribution in [2.45, 2.75) is 74.9 Å². The largest absolute Gasteiger partial charge is 0.313 e. The van der Waals surface area contributed by atoms with Gasteiger partial charge in [0.1, 0.15) is 5.82 Å². The lowest BCUT2D eigenvalue weighted by Gasteiger charge is -2.35. The second kappa shape index (κ2) is 8.35. The molecule has 1 N–H and O–H groups in total. The first-order valence-electron chi connectivity index (χ1n) is 7.99. The molecule has 1 fully saturated rings. The van der Waals surface area contributed by atoms with Gasteiger partial charge < -0.3 is 5.32 Å². The van der Waals surface area contributed by atoms with Gasteiger partial charge in [-0.1, -0.05) is 45.4 Å². The fourth-order valence-corrected chi connectivity index (χ4v) is 5.40. The van der Waals surface area contributed by atoms with Crippen molar-refractivity contribution < 1.29 is 0 Å². The molecule has 1 heterocycles. The van der Waals surface area contributed by atoms with Gasteiger partial charge in [-0.3, -0.25) is 0 Å². The van der Waals surface area contributed by atoms with Crippen LogP contribution in [-0.2, 0) is 6.42 Å². The minimum absolute atomic E-state index is 0.645. The molecule has 0 aliphatic heterocycles. The second-order valence-corrected chi connectivity index (χ2v) is 7.86. The summed E-state index contributed by atoms with van der Waals surface area (Å²) >= 11 is 3.54. The first-order valence-corrected chi connectivity index (χ1v) is 9.64. The molecule has 0 aromatic carbocycles. The van der Waals surface area contributed by atoms with Crippen LogP contribution in [0.5, 0.6) is 0 Å². The zero-order chi connectivity index (χ0) is 14.4. The summed E-state index contributed by atoms with van der Waals surface area (Å²) in [7, 11) is 0. The molecule has 1 saturated carbocycles. The van der Waals surface area contributed by atoms with E-state index < -0.39 is 0 Å². The van der Waals surface area contributed by atoms with Gasteiger partial charge in [-0.2, -0.15) is 4.37 Å². The van der Waals surface area contributed by atoms with Crippen molar-refractivity contribution in [1.82, 2.24) is 14.7 Å². The summed E-state index contributed by atoms with van der Waals surface area (Å²) in [5.74, 6) is 1.91. The molecule has 1 aliphatic carbocycles. The van der Waals surface area contributed by atoms with Crippen LogP contribution in [0, 0.1) is 5.92 Å². The summed E-state index contributed by atoms with van der Waals surface area (Å²) < 4.78 is 5.58. The van der Waals surface area contributed by atoms with Crippen LogP contribution in [0.25, 0.3) is 0 Å². The average Bonchev–Trinajstić information content (AvgIpc) is 2.90. The average molecular weight is 314 g/mol. The van der Waals surface area contributed by atoms with Gasteiger partial charge in [0.05, 0.1) is 0 Å². The third kappa shape index (κ3) is 4.43. The number of rotatable bonds is 7. The van der Waals surface area contributed by atoms with Crippen molar-refractivity contribution in [2.24, 2.45) is 5.92 Å². The molecule has 0 radical (unpaired) electrons. The van der Waals surface area contributed by atoms with E-state index in [4.69, 9.17) is 0 Å². The van der Waals surface area contributed by atoms with E-state index in [2.05, 4.69) is 35.4 Å². The molecule has 1 aliphatic rings. The molecule has 3 nitrogen and oxygen atoms in total. The first kappa shape index (κ1) is 16.2. The number of nitrogens with one attached hydrogen (secondary N) is 1. The van der Waals surface area contributed by atoms with E-state index in [9.17, 15) is 0 Å². The van der Waals surface area contributed by atoms with Gasteiger partial charge in [0, 0.05) is 17.7 Å². The summed E-state index contributed by atoms with van der Waals surface area (Å²) in [6, 6.07) is 0.645. The Morgan fingerprint density at radius 1 is 1.30 bits per heavy atom. The summed E-state index contributed by atoms with van der Waals surface area (Å²) in [5.41, 5.74) is 0. The summed E-state index contributed by atoms with van der Waals surface area (Å²) in [4.78, 5) is 4.63. The van der Waals surface area contributed by atoms with Crippen LogP contribution < -0.4 is 5.32 Å². The Hall–Kier alpha value is -0.130. The zero-order valence-electron chi connectivity index (χ0n) is 12.9. The van der Waals surface area contributed by atoms with Crippen molar-refractivity contribution in [2.75, 3.05) is 6.54 Å². The molecule has 0 saturated heterocycles. The Kier molecular flexibility index (Phi) is 6.78. The number of hydrogen-bond acceptors (Lipinski definition) is 5. The second-order valence-electron chi connectivity index (χ2n) is 5.62. The van der Waals surface area contributed by atoms with Gasteiger partial charge in [0.15, 0.2) is 4.34 Å². The molecular formula is C15H27N3S2. The van der Waals surface area contributed by atoms with Crippen LogP contribution in [-0.4, -0.2) is 27.2 Å². The molecule has 114 valence electrons. The SMILES string of the molecule is CCCC1CCC(NCC)C(Sc2nc(CC)ns2)C1. The van der Waals surface area contributed by atoms with Crippen molar-refractivity contribution in [3.8, 4) is 0 Å². The van der Waals surface area contributed by atoms with Gasteiger partial charge in [-0.05, 0) is 43.3 Å². The molecule has 3 unspecified atom stereocenters. The molecule has 0 bridgehead atoms. The highest BCUT2D eigenvalue weighted by Crippen LogP contribution is 2.38. The van der Waals surface area contributed by atoms with Crippen molar-refractivity contribution in [1.29, 1.82) is 0 Å². The minimum atomic E-state index is 0.645. The molecular weight excluding hydrogens is 286 g/mol. The molecule has 2 rings (SSSR count). The van der Waals surface area contributed by atoms with Crippen molar-refractivity contribution in [3.63, 3.8) is 0 Å². The van der Waals surface area contributed by atoms with Gasteiger partial charge >= 0.3 is 0 Å². The molecule has 1 aromatic rings. The van der Waals surface area contributed by atoms with Gasteiger partial charge in [0.25, 0.3) is 0 Å². The molecule has 3 atom stereocenters. The third-order valence-corrected chi connectivity index (χ3v) is 6.26. The topological polar surface area (TPSA) is 37.8 Å². The zero-order valence-corrected chi connectivity index (χ0v) is 14.5. The standard InChI is InChI=1S/C15H27N3S2/c1-4-7-11-8-9-12(16-6-3)13(10-11)19-15-17-14(5-2)18-20-15/h11-13,16H,4-10H2,1-3H3. The maximum atomic E-state index is 4.63. The smallest absolute Gasteiger partial charge is 0.170 e. The van der Waals surface area contributed by atoms with Crippen LogP contribution in [0.4, 0.5) is 0 Å². The van der Waals surface area contributed by atoms with E-state index in [1.807, 2.05) is 11.8 Å². The summed E-state index contributed by atoms with van der Waals surface area (Å²) in [5, 5.41) is 4.34. The van der Waals surface area contributed by atoms with Crippen LogP contribution >= 0.6 is 23.3 Å². The van der Waals surface area contributed by atoms with Crippen LogP contribution in [0.15, 0.2) is 4.34 Å². The monoisotopic (exact) mass is 313 g/mol. The lowest BCUT2D eigenvalue weighted by Crippen LogP contribution is -2.42. The Morgan fingerprint density at radius 2 is 2.15 bits per heavy atom. The highest BCUT2D eigenvalue weighted by atomic mass is 32.2. The highest BCUT2D eigenvalue weighted by molar-refractivity contribution is 8.01. The third-order valence-electron chi connectivity index (χ3n) is 4.08. The van der Waals surface area contributed by atoms with Gasteiger partial charge in [-0.25, -0.2) is 4.98 Å². The molecule has 1 aromatic heterocycles. The predicted molar refractivity (Wildman–Crippen MR) is 88.6 cm³/mol. The van der Waals surface area contributed by atoms with Crippen LogP contribution in [0.2, 0.25) is 0 Å². The quantitative estimate of drug-likeness (QED) is 0.821. The predicted octanol–water partition coefficient (Wildman–Crippen LogP) is 4.14. The molecule has 5 heteroatoms. The lowest BCUT2D eigenvalue weighted by atomic mass is 9.83. The fraction of sp³-hybridized carbons (Fsp3) is 0.867. The van der Waals surface area contributed by atoms with Crippen molar-refractivity contribution >= 4 is 23.3 Å². The van der Waals surface area contributed by atoms with E-state index >= 15 is 0 Å². The van der Waals surface area contributed by atoms with E-state index in [0.717, 1.165) is 29.0 Å².